The van der Waals surface area contributed by atoms with Crippen molar-refractivity contribution in [2.45, 2.75) is 34.1 Å². The van der Waals surface area contributed by atoms with Crippen molar-refractivity contribution in [2.75, 3.05) is 0 Å². The molecule has 82 valence electrons. The average Bonchev–Trinajstić information content (AvgIpc) is 1.99. The lowest BCUT2D eigenvalue weighted by molar-refractivity contribution is 0.0939. The Balaban J connectivity index is 2.92. The normalized spacial score (nSPS) is 11.5. The molecule has 1 rings (SSSR count). The van der Waals surface area contributed by atoms with Crippen LogP contribution in [0.2, 0.25) is 0 Å². The van der Waals surface area contributed by atoms with Crippen molar-refractivity contribution in [3.05, 3.63) is 33.8 Å². The number of hydrogen-bond acceptors (Lipinski definition) is 1. The van der Waals surface area contributed by atoms with E-state index in [-0.39, 0.29) is 11.2 Å². The quantitative estimate of drug-likeness (QED) is 0.728. The highest BCUT2D eigenvalue weighted by Crippen LogP contribution is 2.25. The van der Waals surface area contributed by atoms with E-state index in [2.05, 4.69) is 36.7 Å². The van der Waals surface area contributed by atoms with E-state index in [1.807, 2.05) is 25.1 Å². The summed E-state index contributed by atoms with van der Waals surface area (Å²) in [6.45, 7) is 8.25. The molecule has 2 heteroatoms. The fourth-order valence-electron chi connectivity index (χ4n) is 1.42. The van der Waals surface area contributed by atoms with E-state index in [9.17, 15) is 4.79 Å². The standard InChI is InChI=1S/C13H17BrO/c1-9-5-6-10(11(14)7-9)12(15)8-13(2,3)4/h5-7H,8H2,1-4H3. The Hall–Kier alpha value is -0.630. The van der Waals surface area contributed by atoms with E-state index in [1.54, 1.807) is 0 Å². The summed E-state index contributed by atoms with van der Waals surface area (Å²) in [5.41, 5.74) is 1.99. The molecule has 0 aromatic heterocycles. The number of benzene rings is 1. The van der Waals surface area contributed by atoms with Crippen molar-refractivity contribution in [3.8, 4) is 0 Å². The number of hydrogen-bond donors (Lipinski definition) is 0. The van der Waals surface area contributed by atoms with Crippen LogP contribution in [0.25, 0.3) is 0 Å². The van der Waals surface area contributed by atoms with Gasteiger partial charge in [0.25, 0.3) is 0 Å². The van der Waals surface area contributed by atoms with Crippen LogP contribution in [0.15, 0.2) is 22.7 Å². The minimum absolute atomic E-state index is 0.0431. The van der Waals surface area contributed by atoms with Crippen molar-refractivity contribution in [3.63, 3.8) is 0 Å². The van der Waals surface area contributed by atoms with Crippen LogP contribution in [0.1, 0.15) is 43.1 Å². The Labute approximate surface area is 100 Å². The van der Waals surface area contributed by atoms with Gasteiger partial charge >= 0.3 is 0 Å². The number of Topliss-reactive ketones (excluding diaryl/α,β-unsaturated/α-hetero) is 1. The summed E-state index contributed by atoms with van der Waals surface area (Å²) in [6.07, 6.45) is 0.578. The molecule has 0 unspecified atom stereocenters. The second-order valence-electron chi connectivity index (χ2n) is 5.14. The van der Waals surface area contributed by atoms with Crippen LogP contribution in [0.4, 0.5) is 0 Å². The van der Waals surface area contributed by atoms with Gasteiger partial charge in [0.1, 0.15) is 0 Å². The van der Waals surface area contributed by atoms with Gasteiger partial charge in [0.2, 0.25) is 0 Å². The number of carbonyl (C=O) groups excluding carboxylic acids is 1. The highest BCUT2D eigenvalue weighted by Gasteiger charge is 2.18. The Morgan fingerprint density at radius 2 is 1.93 bits per heavy atom. The van der Waals surface area contributed by atoms with Gasteiger partial charge in [0.15, 0.2) is 5.78 Å². The summed E-state index contributed by atoms with van der Waals surface area (Å²) in [5.74, 6) is 0.203. The van der Waals surface area contributed by atoms with Crippen molar-refractivity contribution >= 4 is 21.7 Å². The van der Waals surface area contributed by atoms with Crippen LogP contribution < -0.4 is 0 Å². The smallest absolute Gasteiger partial charge is 0.164 e. The largest absolute Gasteiger partial charge is 0.294 e. The van der Waals surface area contributed by atoms with Gasteiger partial charge in [-0.2, -0.15) is 0 Å². The Kier molecular flexibility index (Phi) is 3.72. The lowest BCUT2D eigenvalue weighted by atomic mass is 9.88. The second kappa shape index (κ2) is 4.48. The van der Waals surface area contributed by atoms with Gasteiger partial charge in [-0.15, -0.1) is 0 Å². The molecular formula is C13H17BrO. The minimum Gasteiger partial charge on any atom is -0.294 e. The fraction of sp³-hybridized carbons (Fsp3) is 0.462. The predicted molar refractivity (Wildman–Crippen MR) is 67.3 cm³/mol. The molecule has 0 radical (unpaired) electrons. The third kappa shape index (κ3) is 3.78. The van der Waals surface area contributed by atoms with E-state index in [0.29, 0.717) is 6.42 Å². The molecule has 0 fully saturated rings. The Bertz CT molecular complexity index is 375. The lowest BCUT2D eigenvalue weighted by Crippen LogP contribution is -2.13. The van der Waals surface area contributed by atoms with Crippen molar-refractivity contribution in [1.29, 1.82) is 0 Å². The molecule has 0 N–H and O–H groups in total. The van der Waals surface area contributed by atoms with Crippen LogP contribution in [0.5, 0.6) is 0 Å². The predicted octanol–water partition coefficient (Wildman–Crippen LogP) is 4.38. The van der Waals surface area contributed by atoms with Crippen LogP contribution in [-0.4, -0.2) is 5.78 Å². The topological polar surface area (TPSA) is 17.1 Å². The van der Waals surface area contributed by atoms with Crippen molar-refractivity contribution < 1.29 is 4.79 Å². The van der Waals surface area contributed by atoms with Crippen LogP contribution in [0, 0.1) is 12.3 Å². The zero-order chi connectivity index (χ0) is 11.6. The molecule has 0 bridgehead atoms. The third-order valence-electron chi connectivity index (χ3n) is 2.12. The molecule has 0 aliphatic rings. The summed E-state index contributed by atoms with van der Waals surface area (Å²) in [7, 11) is 0. The number of halogens is 1. The number of ketones is 1. The third-order valence-corrected chi connectivity index (χ3v) is 2.77. The first kappa shape index (κ1) is 12.4. The Morgan fingerprint density at radius 1 is 1.33 bits per heavy atom. The van der Waals surface area contributed by atoms with Gasteiger partial charge in [-0.3, -0.25) is 4.79 Å². The molecule has 1 aromatic carbocycles. The number of rotatable bonds is 2. The summed E-state index contributed by atoms with van der Waals surface area (Å²) in [6, 6.07) is 5.85. The Morgan fingerprint density at radius 3 is 2.40 bits per heavy atom. The minimum atomic E-state index is 0.0431. The summed E-state index contributed by atoms with van der Waals surface area (Å²) >= 11 is 3.43. The van der Waals surface area contributed by atoms with Gasteiger partial charge in [-0.25, -0.2) is 0 Å². The molecule has 1 nitrogen and oxygen atoms in total. The van der Waals surface area contributed by atoms with Gasteiger partial charge in [-0.1, -0.05) is 48.8 Å². The summed E-state index contributed by atoms with van der Waals surface area (Å²) in [5, 5.41) is 0. The van der Waals surface area contributed by atoms with E-state index >= 15 is 0 Å². The molecule has 0 amide bonds. The van der Waals surface area contributed by atoms with E-state index in [4.69, 9.17) is 0 Å². The maximum atomic E-state index is 12.0. The monoisotopic (exact) mass is 268 g/mol. The molecule has 0 heterocycles. The summed E-state index contributed by atoms with van der Waals surface area (Å²) in [4.78, 5) is 12.0. The van der Waals surface area contributed by atoms with Crippen molar-refractivity contribution in [1.82, 2.24) is 0 Å². The first-order valence-corrected chi connectivity index (χ1v) is 5.88. The highest BCUT2D eigenvalue weighted by atomic mass is 79.9. The van der Waals surface area contributed by atoms with Gasteiger partial charge in [0.05, 0.1) is 0 Å². The first-order valence-electron chi connectivity index (χ1n) is 5.09. The average molecular weight is 269 g/mol. The second-order valence-corrected chi connectivity index (χ2v) is 6.00. The molecule has 1 aromatic rings. The molecule has 0 aliphatic carbocycles. The molecule has 0 saturated heterocycles. The van der Waals surface area contributed by atoms with Gasteiger partial charge < -0.3 is 0 Å². The number of aryl methyl sites for hydroxylation is 1. The first-order chi connectivity index (χ1) is 6.79. The van der Waals surface area contributed by atoms with E-state index in [1.165, 1.54) is 0 Å². The highest BCUT2D eigenvalue weighted by molar-refractivity contribution is 9.10. The molecule has 0 aliphatic heterocycles. The van der Waals surface area contributed by atoms with Crippen LogP contribution in [-0.2, 0) is 0 Å². The van der Waals surface area contributed by atoms with Crippen LogP contribution >= 0.6 is 15.9 Å². The van der Waals surface area contributed by atoms with Gasteiger partial charge in [-0.05, 0) is 24.0 Å². The van der Waals surface area contributed by atoms with Gasteiger partial charge in [0, 0.05) is 16.5 Å². The fourth-order valence-corrected chi connectivity index (χ4v) is 2.14. The maximum absolute atomic E-state index is 12.0. The van der Waals surface area contributed by atoms with E-state index < -0.39 is 0 Å². The molecule has 0 spiro atoms. The van der Waals surface area contributed by atoms with Crippen LogP contribution in [0.3, 0.4) is 0 Å². The molecular weight excluding hydrogens is 252 g/mol. The maximum Gasteiger partial charge on any atom is 0.164 e. The number of carbonyl (C=O) groups is 1. The zero-order valence-electron chi connectivity index (χ0n) is 9.73. The SMILES string of the molecule is Cc1ccc(C(=O)CC(C)(C)C)c(Br)c1. The molecule has 0 atom stereocenters. The lowest BCUT2D eigenvalue weighted by Gasteiger charge is -2.17. The molecule has 15 heavy (non-hydrogen) atoms. The van der Waals surface area contributed by atoms with Crippen molar-refractivity contribution in [2.24, 2.45) is 5.41 Å². The summed E-state index contributed by atoms with van der Waals surface area (Å²) < 4.78 is 0.900. The zero-order valence-corrected chi connectivity index (χ0v) is 11.3. The molecule has 0 saturated carbocycles. The van der Waals surface area contributed by atoms with E-state index in [0.717, 1.165) is 15.6 Å².